The highest BCUT2D eigenvalue weighted by Gasteiger charge is 2.15. The van der Waals surface area contributed by atoms with E-state index in [-0.39, 0.29) is 5.56 Å². The summed E-state index contributed by atoms with van der Waals surface area (Å²) in [4.78, 5) is 19.1. The van der Waals surface area contributed by atoms with E-state index in [2.05, 4.69) is 45.7 Å². The SMILES string of the molecule is CCOCCCNC(=S)N(Cc1cccs1)Cc1cc2cc(C)cc(C)c2[nH]c1=O. The topological polar surface area (TPSA) is 57.4 Å². The fraction of sp³-hybridized carbons (Fsp3) is 0.391. The highest BCUT2D eigenvalue weighted by atomic mass is 32.1. The number of hydrogen-bond donors (Lipinski definition) is 2. The number of hydrogen-bond acceptors (Lipinski definition) is 4. The van der Waals surface area contributed by atoms with Crippen LogP contribution in [0.2, 0.25) is 0 Å². The molecule has 3 rings (SSSR count). The van der Waals surface area contributed by atoms with Crippen LogP contribution in [0.15, 0.2) is 40.5 Å². The van der Waals surface area contributed by atoms with Crippen LogP contribution in [-0.2, 0) is 17.8 Å². The second kappa shape index (κ2) is 10.7. The number of nitrogens with zero attached hydrogens (tertiary/aromatic N) is 1. The second-order valence-electron chi connectivity index (χ2n) is 7.39. The van der Waals surface area contributed by atoms with Crippen LogP contribution in [0.25, 0.3) is 10.9 Å². The van der Waals surface area contributed by atoms with E-state index in [0.717, 1.165) is 36.0 Å². The molecule has 0 unspecified atom stereocenters. The first kappa shape index (κ1) is 22.5. The Morgan fingerprint density at radius 3 is 2.83 bits per heavy atom. The van der Waals surface area contributed by atoms with Gasteiger partial charge < -0.3 is 19.9 Å². The van der Waals surface area contributed by atoms with Gasteiger partial charge in [0.15, 0.2) is 5.11 Å². The lowest BCUT2D eigenvalue weighted by Crippen LogP contribution is -2.40. The van der Waals surface area contributed by atoms with Crippen molar-refractivity contribution in [1.82, 2.24) is 15.2 Å². The van der Waals surface area contributed by atoms with Crippen LogP contribution in [0, 0.1) is 13.8 Å². The zero-order valence-electron chi connectivity index (χ0n) is 17.8. The second-order valence-corrected chi connectivity index (χ2v) is 8.81. The smallest absolute Gasteiger partial charge is 0.253 e. The molecule has 0 spiro atoms. The maximum atomic E-state index is 12.8. The van der Waals surface area contributed by atoms with E-state index < -0.39 is 0 Å². The van der Waals surface area contributed by atoms with Crippen LogP contribution in [0.4, 0.5) is 0 Å². The molecule has 0 saturated carbocycles. The fourth-order valence-corrected chi connectivity index (χ4v) is 4.42. The number of nitrogens with one attached hydrogen (secondary N) is 2. The van der Waals surface area contributed by atoms with Gasteiger partial charge >= 0.3 is 0 Å². The van der Waals surface area contributed by atoms with Crippen LogP contribution in [-0.4, -0.2) is 34.8 Å². The first-order chi connectivity index (χ1) is 14.5. The molecule has 0 radical (unpaired) electrons. The van der Waals surface area contributed by atoms with Crippen molar-refractivity contribution in [2.75, 3.05) is 19.8 Å². The highest BCUT2D eigenvalue weighted by molar-refractivity contribution is 7.80. The minimum Gasteiger partial charge on any atom is -0.382 e. The normalized spacial score (nSPS) is 11.0. The van der Waals surface area contributed by atoms with Crippen molar-refractivity contribution in [1.29, 1.82) is 0 Å². The summed E-state index contributed by atoms with van der Waals surface area (Å²) >= 11 is 7.36. The van der Waals surface area contributed by atoms with Crippen molar-refractivity contribution in [3.63, 3.8) is 0 Å². The highest BCUT2D eigenvalue weighted by Crippen LogP contribution is 2.19. The Hall–Kier alpha value is -2.22. The summed E-state index contributed by atoms with van der Waals surface area (Å²) in [6.07, 6.45) is 0.885. The molecular formula is C23H29N3O2S2. The maximum absolute atomic E-state index is 12.8. The van der Waals surface area contributed by atoms with Gasteiger partial charge in [-0.25, -0.2) is 0 Å². The molecule has 0 amide bonds. The van der Waals surface area contributed by atoms with Crippen LogP contribution in [0.3, 0.4) is 0 Å². The Morgan fingerprint density at radius 2 is 2.10 bits per heavy atom. The van der Waals surface area contributed by atoms with Crippen molar-refractivity contribution >= 4 is 39.6 Å². The van der Waals surface area contributed by atoms with Crippen LogP contribution in [0.5, 0.6) is 0 Å². The molecule has 3 aromatic rings. The minimum atomic E-state index is -0.0650. The first-order valence-electron chi connectivity index (χ1n) is 10.2. The van der Waals surface area contributed by atoms with Gasteiger partial charge in [0.1, 0.15) is 0 Å². The summed E-state index contributed by atoms with van der Waals surface area (Å²) in [5.74, 6) is 0. The van der Waals surface area contributed by atoms with Gasteiger partial charge in [-0.15, -0.1) is 11.3 Å². The van der Waals surface area contributed by atoms with Crippen molar-refractivity contribution in [2.45, 2.75) is 40.3 Å². The molecule has 0 bridgehead atoms. The molecule has 2 aromatic heterocycles. The Labute approximate surface area is 187 Å². The molecule has 0 aliphatic carbocycles. The lowest BCUT2D eigenvalue weighted by atomic mass is 10.1. The molecule has 0 atom stereocenters. The molecule has 7 heteroatoms. The van der Waals surface area contributed by atoms with Gasteiger partial charge in [-0.1, -0.05) is 17.7 Å². The molecule has 0 saturated heterocycles. The minimum absolute atomic E-state index is 0.0650. The monoisotopic (exact) mass is 443 g/mol. The lowest BCUT2D eigenvalue weighted by molar-refractivity contribution is 0.145. The van der Waals surface area contributed by atoms with E-state index >= 15 is 0 Å². The van der Waals surface area contributed by atoms with Crippen molar-refractivity contribution in [3.8, 4) is 0 Å². The summed E-state index contributed by atoms with van der Waals surface area (Å²) in [5, 5.41) is 7.08. The predicted molar refractivity (Wildman–Crippen MR) is 129 cm³/mol. The van der Waals surface area contributed by atoms with Gasteiger partial charge in [-0.2, -0.15) is 0 Å². The Morgan fingerprint density at radius 1 is 1.27 bits per heavy atom. The molecule has 2 heterocycles. The third-order valence-electron chi connectivity index (χ3n) is 4.89. The predicted octanol–water partition coefficient (Wildman–Crippen LogP) is 4.51. The summed E-state index contributed by atoms with van der Waals surface area (Å²) in [5.41, 5.74) is 3.80. The molecule has 2 N–H and O–H groups in total. The molecule has 0 aliphatic heterocycles. The fourth-order valence-electron chi connectivity index (χ4n) is 3.47. The first-order valence-corrected chi connectivity index (χ1v) is 11.5. The number of benzene rings is 1. The average Bonchev–Trinajstić information content (AvgIpc) is 3.21. The van der Waals surface area contributed by atoms with Crippen LogP contribution < -0.4 is 10.9 Å². The number of aromatic amines is 1. The van der Waals surface area contributed by atoms with E-state index in [1.54, 1.807) is 11.3 Å². The van der Waals surface area contributed by atoms with Crippen molar-refractivity contribution < 1.29 is 4.74 Å². The average molecular weight is 444 g/mol. The summed E-state index contributed by atoms with van der Waals surface area (Å²) in [6.45, 7) is 9.37. The van der Waals surface area contributed by atoms with Gasteiger partial charge in [0.25, 0.3) is 5.56 Å². The third-order valence-corrected chi connectivity index (χ3v) is 6.15. The number of fused-ring (bicyclic) bond motifs is 1. The van der Waals surface area contributed by atoms with Crippen molar-refractivity contribution in [3.05, 3.63) is 67.6 Å². The van der Waals surface area contributed by atoms with E-state index in [4.69, 9.17) is 17.0 Å². The maximum Gasteiger partial charge on any atom is 0.253 e. The van der Waals surface area contributed by atoms with Crippen LogP contribution >= 0.6 is 23.6 Å². The number of aromatic nitrogens is 1. The quantitative estimate of drug-likeness (QED) is 0.376. The Balaban J connectivity index is 1.80. The number of thiophene rings is 1. The molecule has 0 fully saturated rings. The Bertz CT molecular complexity index is 1040. The van der Waals surface area contributed by atoms with Gasteiger partial charge in [0.05, 0.1) is 18.6 Å². The van der Waals surface area contributed by atoms with Crippen LogP contribution in [0.1, 0.15) is 34.9 Å². The van der Waals surface area contributed by atoms with Gasteiger partial charge in [0.2, 0.25) is 0 Å². The molecule has 1 aromatic carbocycles. The summed E-state index contributed by atoms with van der Waals surface area (Å²) < 4.78 is 5.39. The standard InChI is InChI=1S/C23H29N3O2S2/c1-4-28-9-6-8-24-23(29)26(15-20-7-5-10-30-20)14-19-13-18-12-16(2)11-17(3)21(18)25-22(19)27/h5,7,10-13H,4,6,8-9,14-15H2,1-3H3,(H,24,29)(H,25,27). The number of ether oxygens (including phenoxy) is 1. The number of thiocarbonyl (C=S) groups is 1. The van der Waals surface area contributed by atoms with Crippen molar-refractivity contribution in [2.24, 2.45) is 0 Å². The van der Waals surface area contributed by atoms with E-state index in [0.29, 0.717) is 30.4 Å². The summed E-state index contributed by atoms with van der Waals surface area (Å²) in [6, 6.07) is 10.3. The van der Waals surface area contributed by atoms with Gasteiger partial charge in [0, 0.05) is 30.2 Å². The van der Waals surface area contributed by atoms with Gasteiger partial charge in [-0.3, -0.25) is 4.79 Å². The zero-order valence-corrected chi connectivity index (χ0v) is 19.4. The molecule has 0 aliphatic rings. The Kier molecular flexibility index (Phi) is 8.01. The van der Waals surface area contributed by atoms with E-state index in [1.165, 1.54) is 10.4 Å². The number of rotatable bonds is 9. The van der Waals surface area contributed by atoms with E-state index in [1.807, 2.05) is 26.0 Å². The third kappa shape index (κ3) is 5.90. The number of H-pyrrole nitrogens is 1. The molecule has 5 nitrogen and oxygen atoms in total. The van der Waals surface area contributed by atoms with Gasteiger partial charge in [-0.05, 0) is 73.9 Å². The molecule has 160 valence electrons. The molecular weight excluding hydrogens is 414 g/mol. The zero-order chi connectivity index (χ0) is 21.5. The number of aryl methyl sites for hydroxylation is 2. The number of pyridine rings is 1. The lowest BCUT2D eigenvalue weighted by Gasteiger charge is -2.25. The van der Waals surface area contributed by atoms with E-state index in [9.17, 15) is 4.79 Å². The summed E-state index contributed by atoms with van der Waals surface area (Å²) in [7, 11) is 0. The largest absolute Gasteiger partial charge is 0.382 e. The molecule has 30 heavy (non-hydrogen) atoms.